The van der Waals surface area contributed by atoms with E-state index >= 15 is 0 Å². The summed E-state index contributed by atoms with van der Waals surface area (Å²) in [5.74, 6) is -1.37. The van der Waals surface area contributed by atoms with E-state index in [2.05, 4.69) is 5.32 Å². The summed E-state index contributed by atoms with van der Waals surface area (Å²) in [6.07, 6.45) is 1.23. The summed E-state index contributed by atoms with van der Waals surface area (Å²) in [7, 11) is -4.39. The lowest BCUT2D eigenvalue weighted by atomic mass is 10.1. The molecule has 0 fully saturated rings. The van der Waals surface area contributed by atoms with Crippen LogP contribution < -0.4 is 9.50 Å². The van der Waals surface area contributed by atoms with Crippen LogP contribution in [0.25, 0.3) is 6.08 Å². The minimum absolute atomic E-state index is 0.132. The summed E-state index contributed by atoms with van der Waals surface area (Å²) in [4.78, 5) is 34.1. The van der Waals surface area contributed by atoms with Crippen molar-refractivity contribution in [1.29, 1.82) is 5.26 Å². The number of nitriles is 1. The van der Waals surface area contributed by atoms with Crippen LogP contribution in [0.3, 0.4) is 0 Å². The summed E-state index contributed by atoms with van der Waals surface area (Å²) < 4.78 is 35.1. The van der Waals surface area contributed by atoms with Crippen LogP contribution in [-0.4, -0.2) is 31.8 Å². The average Bonchev–Trinajstić information content (AvgIpc) is 2.87. The number of non-ortho nitro benzene ring substituents is 1. The molecule has 0 atom stereocenters. The Morgan fingerprint density at radius 1 is 1.08 bits per heavy atom. The zero-order chi connectivity index (χ0) is 27.0. The van der Waals surface area contributed by atoms with E-state index in [1.807, 2.05) is 0 Å². The van der Waals surface area contributed by atoms with Crippen LogP contribution in [0.5, 0.6) is 5.75 Å². The lowest BCUT2D eigenvalue weighted by molar-refractivity contribution is -0.385. The number of ether oxygens (including phenoxy) is 1. The van der Waals surface area contributed by atoms with E-state index in [0.29, 0.717) is 11.3 Å². The Morgan fingerprint density at radius 2 is 1.78 bits per heavy atom. The third kappa shape index (κ3) is 7.00. The third-order valence-corrected chi connectivity index (χ3v) is 5.95. The number of nitro groups is 1. The van der Waals surface area contributed by atoms with Crippen LogP contribution >= 0.6 is 0 Å². The predicted molar refractivity (Wildman–Crippen MR) is 132 cm³/mol. The molecule has 0 aliphatic rings. The van der Waals surface area contributed by atoms with Crippen molar-refractivity contribution in [3.63, 3.8) is 0 Å². The second-order valence-electron chi connectivity index (χ2n) is 7.29. The first-order valence-corrected chi connectivity index (χ1v) is 12.0. The molecule has 11 nitrogen and oxygen atoms in total. The first kappa shape index (κ1) is 26.6. The number of benzene rings is 3. The highest BCUT2D eigenvalue weighted by atomic mass is 32.2. The number of hydrogen-bond acceptors (Lipinski definition) is 9. The standard InChI is InChI=1S/C25H19N3O8S/c1-2-35-25(30)18-9-11-20(12-10-18)27-24(29)19(16-26)13-17-5-3-7-22(14-17)36-37(33,34)23-8-4-6-21(15-23)28(31)32/h3-15H,2H2,1H3,(H,27,29)/b19-13+. The van der Waals surface area contributed by atoms with Crippen LogP contribution in [-0.2, 0) is 19.6 Å². The van der Waals surface area contributed by atoms with E-state index in [4.69, 9.17) is 8.92 Å². The Hall–Kier alpha value is -5.02. The van der Waals surface area contributed by atoms with Crippen molar-refractivity contribution >= 4 is 39.4 Å². The molecule has 1 amide bonds. The largest absolute Gasteiger partial charge is 0.462 e. The molecule has 3 rings (SSSR count). The summed E-state index contributed by atoms with van der Waals surface area (Å²) in [6, 6.07) is 17.6. The van der Waals surface area contributed by atoms with Gasteiger partial charge in [-0.1, -0.05) is 18.2 Å². The number of anilines is 1. The summed E-state index contributed by atoms with van der Waals surface area (Å²) in [6.45, 7) is 1.90. The van der Waals surface area contributed by atoms with E-state index in [-0.39, 0.29) is 23.5 Å². The molecule has 37 heavy (non-hydrogen) atoms. The number of nitrogens with one attached hydrogen (secondary N) is 1. The van der Waals surface area contributed by atoms with Gasteiger partial charge < -0.3 is 14.2 Å². The zero-order valence-corrected chi connectivity index (χ0v) is 20.1. The maximum atomic E-state index is 12.6. The van der Waals surface area contributed by atoms with Gasteiger partial charge in [0.2, 0.25) is 0 Å². The fraction of sp³-hybridized carbons (Fsp3) is 0.0800. The van der Waals surface area contributed by atoms with Crippen molar-refractivity contribution in [2.45, 2.75) is 11.8 Å². The number of nitro benzene ring substituents is 1. The topological polar surface area (TPSA) is 166 Å². The number of carbonyl (C=O) groups is 2. The molecule has 0 saturated heterocycles. The summed E-state index contributed by atoms with van der Waals surface area (Å²) in [5, 5.41) is 22.9. The van der Waals surface area contributed by atoms with Crippen LogP contribution in [0.1, 0.15) is 22.8 Å². The minimum Gasteiger partial charge on any atom is -0.462 e. The molecule has 3 aromatic rings. The molecule has 0 aliphatic carbocycles. The van der Waals surface area contributed by atoms with Crippen molar-refractivity contribution in [3.05, 3.63) is 99.6 Å². The van der Waals surface area contributed by atoms with Gasteiger partial charge in [-0.25, -0.2) is 4.79 Å². The monoisotopic (exact) mass is 521 g/mol. The number of esters is 1. The maximum Gasteiger partial charge on any atom is 0.339 e. The fourth-order valence-electron chi connectivity index (χ4n) is 3.00. The number of amides is 1. The third-order valence-electron chi connectivity index (χ3n) is 4.71. The van der Waals surface area contributed by atoms with Crippen LogP contribution in [0.2, 0.25) is 0 Å². The van der Waals surface area contributed by atoms with Gasteiger partial charge >= 0.3 is 16.1 Å². The Bertz CT molecular complexity index is 1520. The maximum absolute atomic E-state index is 12.6. The molecule has 1 N–H and O–H groups in total. The molecule has 0 saturated carbocycles. The van der Waals surface area contributed by atoms with Gasteiger partial charge in [-0.3, -0.25) is 14.9 Å². The molecule has 0 bridgehead atoms. The SMILES string of the molecule is CCOC(=O)c1ccc(NC(=O)/C(C#N)=C/c2cccc(OS(=O)(=O)c3cccc([N+](=O)[O-])c3)c2)cc1. The highest BCUT2D eigenvalue weighted by molar-refractivity contribution is 7.87. The smallest absolute Gasteiger partial charge is 0.339 e. The number of nitrogens with zero attached hydrogens (tertiary/aromatic N) is 2. The first-order valence-electron chi connectivity index (χ1n) is 10.6. The van der Waals surface area contributed by atoms with Crippen molar-refractivity contribution in [2.24, 2.45) is 0 Å². The van der Waals surface area contributed by atoms with Gasteiger partial charge in [0.15, 0.2) is 0 Å². The normalized spacial score (nSPS) is 11.2. The van der Waals surface area contributed by atoms with Crippen LogP contribution in [0.4, 0.5) is 11.4 Å². The molecule has 0 heterocycles. The highest BCUT2D eigenvalue weighted by Crippen LogP contribution is 2.24. The van der Waals surface area contributed by atoms with E-state index in [1.54, 1.807) is 13.0 Å². The Kier molecular flexibility index (Phi) is 8.34. The lowest BCUT2D eigenvalue weighted by Gasteiger charge is -2.08. The number of hydrogen-bond donors (Lipinski definition) is 1. The Balaban J connectivity index is 1.76. The molecule has 0 aromatic heterocycles. The quantitative estimate of drug-likeness (QED) is 0.109. The van der Waals surface area contributed by atoms with Crippen molar-refractivity contribution < 1.29 is 31.9 Å². The van der Waals surface area contributed by atoms with Crippen LogP contribution in [0.15, 0.2) is 83.3 Å². The fourth-order valence-corrected chi connectivity index (χ4v) is 3.96. The number of rotatable bonds is 9. The summed E-state index contributed by atoms with van der Waals surface area (Å²) in [5.41, 5.74) is 0.220. The zero-order valence-electron chi connectivity index (χ0n) is 19.3. The summed E-state index contributed by atoms with van der Waals surface area (Å²) >= 11 is 0. The molecular weight excluding hydrogens is 502 g/mol. The van der Waals surface area contributed by atoms with Gasteiger partial charge in [0.05, 0.1) is 17.1 Å². The molecule has 0 spiro atoms. The van der Waals surface area contributed by atoms with Gasteiger partial charge in [0.1, 0.15) is 22.3 Å². The second-order valence-corrected chi connectivity index (χ2v) is 8.83. The van der Waals surface area contributed by atoms with Gasteiger partial charge in [-0.15, -0.1) is 0 Å². The van der Waals surface area contributed by atoms with Crippen LogP contribution in [0, 0.1) is 21.4 Å². The van der Waals surface area contributed by atoms with Crippen molar-refractivity contribution in [3.8, 4) is 11.8 Å². The van der Waals surface area contributed by atoms with Gasteiger partial charge in [-0.05, 0) is 61.0 Å². The molecule has 3 aromatic carbocycles. The van der Waals surface area contributed by atoms with Crippen molar-refractivity contribution in [1.82, 2.24) is 0 Å². The van der Waals surface area contributed by atoms with E-state index in [0.717, 1.165) is 18.2 Å². The van der Waals surface area contributed by atoms with Crippen molar-refractivity contribution in [2.75, 3.05) is 11.9 Å². The van der Waals surface area contributed by atoms with Gasteiger partial charge in [0.25, 0.3) is 11.6 Å². The first-order chi connectivity index (χ1) is 17.6. The Labute approximate surface area is 211 Å². The molecule has 12 heteroatoms. The lowest BCUT2D eigenvalue weighted by Crippen LogP contribution is -2.13. The Morgan fingerprint density at radius 3 is 2.43 bits per heavy atom. The molecule has 0 unspecified atom stereocenters. The van der Waals surface area contributed by atoms with Gasteiger partial charge in [-0.2, -0.15) is 13.7 Å². The highest BCUT2D eigenvalue weighted by Gasteiger charge is 2.20. The second kappa shape index (κ2) is 11.6. The average molecular weight is 522 g/mol. The minimum atomic E-state index is -4.39. The molecular formula is C25H19N3O8S. The number of carbonyl (C=O) groups excluding carboxylic acids is 2. The van der Waals surface area contributed by atoms with Gasteiger partial charge in [0, 0.05) is 17.8 Å². The molecule has 0 aliphatic heterocycles. The molecule has 0 radical (unpaired) electrons. The van der Waals surface area contributed by atoms with E-state index in [9.17, 15) is 33.4 Å². The molecule has 188 valence electrons. The predicted octanol–water partition coefficient (Wildman–Crippen LogP) is 4.08. The van der Waals surface area contributed by atoms with E-state index in [1.165, 1.54) is 60.7 Å². The van der Waals surface area contributed by atoms with E-state index < -0.39 is 37.5 Å².